The molecule has 0 N–H and O–H groups in total. The summed E-state index contributed by atoms with van der Waals surface area (Å²) in [6.45, 7) is 25.3. The molecule has 0 saturated heterocycles. The van der Waals surface area contributed by atoms with E-state index in [2.05, 4.69) is 230 Å². The molecule has 0 aliphatic carbocycles. The van der Waals surface area contributed by atoms with E-state index < -0.39 is 5.41 Å². The van der Waals surface area contributed by atoms with Crippen LogP contribution in [0.3, 0.4) is 0 Å². The van der Waals surface area contributed by atoms with Crippen LogP contribution in [0.2, 0.25) is 5.02 Å². The van der Waals surface area contributed by atoms with Crippen LogP contribution in [0, 0.1) is 0 Å². The molecule has 8 rings (SSSR count). The molecule has 2 heterocycles. The maximum Gasteiger partial charge on any atom is 0.0689 e. The van der Waals surface area contributed by atoms with E-state index in [4.69, 9.17) is 11.6 Å². The third kappa shape index (κ3) is 7.91. The van der Waals surface area contributed by atoms with Crippen LogP contribution in [0.1, 0.15) is 104 Å². The Morgan fingerprint density at radius 2 is 0.867 bits per heavy atom. The standard InChI is InChI=1S/C55H57ClN2S2/c1-52(2,3)36-22-26-41(27-23-36)58(48-35-60-50-29-25-38(31-44(48)50)54(7,8)9)47-33-42(57(39-18-14-12-15-19-39)40-20-16-13-17-21-40)32-45(51(47)56)55(10,11)46-34-59-49-28-24-37(30-43(46)49)53(4,5)6/h12-35H,1-11H3. The number of thiophene rings is 2. The van der Waals surface area contributed by atoms with Crippen molar-refractivity contribution in [3.8, 4) is 0 Å². The van der Waals surface area contributed by atoms with Crippen LogP contribution >= 0.6 is 34.3 Å². The first kappa shape index (κ1) is 41.8. The fourth-order valence-electron chi connectivity index (χ4n) is 8.24. The van der Waals surface area contributed by atoms with Crippen LogP contribution in [0.4, 0.5) is 34.1 Å². The first-order chi connectivity index (χ1) is 28.3. The summed E-state index contributed by atoms with van der Waals surface area (Å²) in [7, 11) is 0. The number of fused-ring (bicyclic) bond motifs is 2. The lowest BCUT2D eigenvalue weighted by atomic mass is 9.76. The minimum absolute atomic E-state index is 0.0105. The van der Waals surface area contributed by atoms with E-state index in [1.165, 1.54) is 42.4 Å². The topological polar surface area (TPSA) is 6.48 Å². The number of halogens is 1. The van der Waals surface area contributed by atoms with E-state index in [9.17, 15) is 0 Å². The molecule has 6 aromatic carbocycles. The van der Waals surface area contributed by atoms with E-state index in [0.29, 0.717) is 0 Å². The molecule has 0 saturated carbocycles. The lowest BCUT2D eigenvalue weighted by Crippen LogP contribution is -2.22. The van der Waals surface area contributed by atoms with Gasteiger partial charge in [-0.25, -0.2) is 0 Å². The molecule has 0 amide bonds. The molecule has 60 heavy (non-hydrogen) atoms. The lowest BCUT2D eigenvalue weighted by molar-refractivity contribution is 0.590. The maximum atomic E-state index is 8.10. The summed E-state index contributed by atoms with van der Waals surface area (Å²) in [6.07, 6.45) is 0. The van der Waals surface area contributed by atoms with Crippen LogP contribution in [-0.2, 0) is 21.7 Å². The van der Waals surface area contributed by atoms with Crippen molar-refractivity contribution in [1.82, 2.24) is 0 Å². The van der Waals surface area contributed by atoms with Crippen molar-refractivity contribution < 1.29 is 0 Å². The van der Waals surface area contributed by atoms with Crippen LogP contribution in [0.25, 0.3) is 20.2 Å². The number of para-hydroxylation sites is 2. The monoisotopic (exact) mass is 844 g/mol. The number of rotatable bonds is 8. The van der Waals surface area contributed by atoms with Gasteiger partial charge in [0.25, 0.3) is 0 Å². The Labute approximate surface area is 371 Å². The van der Waals surface area contributed by atoms with Crippen molar-refractivity contribution in [3.63, 3.8) is 0 Å². The smallest absolute Gasteiger partial charge is 0.0689 e. The number of nitrogens with zero attached hydrogens (tertiary/aromatic N) is 2. The normalized spacial score (nSPS) is 12.7. The summed E-state index contributed by atoms with van der Waals surface area (Å²) in [5.41, 5.74) is 12.1. The highest BCUT2D eigenvalue weighted by molar-refractivity contribution is 7.18. The van der Waals surface area contributed by atoms with E-state index in [1.807, 2.05) is 11.3 Å². The average Bonchev–Trinajstić information content (AvgIpc) is 3.84. The van der Waals surface area contributed by atoms with E-state index in [-0.39, 0.29) is 16.2 Å². The SMILES string of the molecule is CC(C)(C)c1ccc(N(c2cc(N(c3ccccc3)c3ccccc3)cc(C(C)(C)c3csc4ccc(C(C)(C)C)cc34)c2Cl)c2csc3ccc(C(C)(C)C)cc23)cc1. The Hall–Kier alpha value is -4.87. The molecule has 8 aromatic rings. The average molecular weight is 846 g/mol. The molecule has 0 aliphatic rings. The molecule has 0 atom stereocenters. The summed E-state index contributed by atoms with van der Waals surface area (Å²) < 4.78 is 2.53. The molecule has 2 nitrogen and oxygen atoms in total. The second kappa shape index (κ2) is 15.5. The highest BCUT2D eigenvalue weighted by Gasteiger charge is 2.34. The van der Waals surface area contributed by atoms with Gasteiger partial charge in [0.15, 0.2) is 0 Å². The Kier molecular flexibility index (Phi) is 10.8. The van der Waals surface area contributed by atoms with Gasteiger partial charge >= 0.3 is 0 Å². The summed E-state index contributed by atoms with van der Waals surface area (Å²) in [4.78, 5) is 4.79. The van der Waals surface area contributed by atoms with Gasteiger partial charge in [-0.2, -0.15) is 0 Å². The van der Waals surface area contributed by atoms with Crippen LogP contribution < -0.4 is 9.80 Å². The second-order valence-electron chi connectivity index (χ2n) is 19.8. The van der Waals surface area contributed by atoms with Gasteiger partial charge < -0.3 is 9.80 Å². The molecule has 0 bridgehead atoms. The number of anilines is 6. The van der Waals surface area contributed by atoms with Crippen molar-refractivity contribution >= 4 is 88.6 Å². The van der Waals surface area contributed by atoms with E-state index >= 15 is 0 Å². The third-order valence-corrected chi connectivity index (χ3v) is 14.3. The quantitative estimate of drug-likeness (QED) is 0.150. The zero-order valence-corrected chi connectivity index (χ0v) is 39.3. The largest absolute Gasteiger partial charge is 0.310 e. The number of hydrogen-bond acceptors (Lipinski definition) is 4. The van der Waals surface area contributed by atoms with Crippen molar-refractivity contribution in [2.24, 2.45) is 0 Å². The highest BCUT2D eigenvalue weighted by atomic mass is 35.5. The predicted molar refractivity (Wildman–Crippen MR) is 266 cm³/mol. The molecule has 0 radical (unpaired) electrons. The van der Waals surface area contributed by atoms with Gasteiger partial charge in [0.2, 0.25) is 0 Å². The van der Waals surface area contributed by atoms with Crippen molar-refractivity contribution in [2.75, 3.05) is 9.80 Å². The zero-order valence-electron chi connectivity index (χ0n) is 36.9. The molecule has 0 fully saturated rings. The van der Waals surface area contributed by atoms with Gasteiger partial charge in [0, 0.05) is 48.3 Å². The van der Waals surface area contributed by atoms with Gasteiger partial charge in [0.1, 0.15) is 0 Å². The highest BCUT2D eigenvalue weighted by Crippen LogP contribution is 2.52. The van der Waals surface area contributed by atoms with Gasteiger partial charge in [-0.3, -0.25) is 0 Å². The fraction of sp³-hybridized carbons (Fsp3) is 0.273. The van der Waals surface area contributed by atoms with Crippen LogP contribution in [-0.4, -0.2) is 0 Å². The Morgan fingerprint density at radius 1 is 0.400 bits per heavy atom. The summed E-state index contributed by atoms with van der Waals surface area (Å²) in [5, 5.41) is 7.92. The first-order valence-electron chi connectivity index (χ1n) is 21.0. The van der Waals surface area contributed by atoms with Gasteiger partial charge in [-0.1, -0.05) is 148 Å². The van der Waals surface area contributed by atoms with Gasteiger partial charge in [0.05, 0.1) is 16.4 Å². The van der Waals surface area contributed by atoms with E-state index in [1.54, 1.807) is 11.3 Å². The first-order valence-corrected chi connectivity index (χ1v) is 23.1. The molecular weight excluding hydrogens is 788 g/mol. The Bertz CT molecular complexity index is 2750. The molecule has 0 unspecified atom stereocenters. The molecular formula is C55H57ClN2S2. The zero-order chi connectivity index (χ0) is 42.8. The Morgan fingerprint density at radius 3 is 1.40 bits per heavy atom. The second-order valence-corrected chi connectivity index (χ2v) is 22.0. The third-order valence-electron chi connectivity index (χ3n) is 12.0. The van der Waals surface area contributed by atoms with Crippen molar-refractivity contribution in [3.05, 3.63) is 177 Å². The van der Waals surface area contributed by atoms with Gasteiger partial charge in [-0.15, -0.1) is 22.7 Å². The molecule has 0 spiro atoms. The predicted octanol–water partition coefficient (Wildman–Crippen LogP) is 17.9. The number of benzene rings is 6. The summed E-state index contributed by atoms with van der Waals surface area (Å²) in [6, 6.07) is 49.1. The fourth-order valence-corrected chi connectivity index (χ4v) is 10.7. The Balaban J connectivity index is 1.46. The summed E-state index contributed by atoms with van der Waals surface area (Å²) >= 11 is 11.7. The van der Waals surface area contributed by atoms with Crippen LogP contribution in [0.5, 0.6) is 0 Å². The van der Waals surface area contributed by atoms with E-state index in [0.717, 1.165) is 44.7 Å². The molecule has 2 aromatic heterocycles. The van der Waals surface area contributed by atoms with Crippen molar-refractivity contribution in [2.45, 2.75) is 97.8 Å². The molecule has 5 heteroatoms. The minimum Gasteiger partial charge on any atom is -0.310 e. The maximum absolute atomic E-state index is 8.10. The molecule has 306 valence electrons. The lowest BCUT2D eigenvalue weighted by Gasteiger charge is -2.35. The molecule has 0 aliphatic heterocycles. The van der Waals surface area contributed by atoms with Crippen molar-refractivity contribution in [1.29, 1.82) is 0 Å². The minimum atomic E-state index is -0.479. The number of hydrogen-bond donors (Lipinski definition) is 0. The summed E-state index contributed by atoms with van der Waals surface area (Å²) in [5.74, 6) is 0. The van der Waals surface area contributed by atoms with Crippen LogP contribution in [0.15, 0.2) is 144 Å². The van der Waals surface area contributed by atoms with Gasteiger partial charge in [-0.05, 0) is 128 Å².